The van der Waals surface area contributed by atoms with Crippen molar-refractivity contribution in [3.8, 4) is 0 Å². The van der Waals surface area contributed by atoms with Crippen LogP contribution in [0.25, 0.3) is 0 Å². The third kappa shape index (κ3) is 3.05. The molecule has 0 saturated heterocycles. The molecular formula is C14H21BrN2O. The largest absolute Gasteiger partial charge is 0.391 e. The lowest BCUT2D eigenvalue weighted by atomic mass is 9.91. The van der Waals surface area contributed by atoms with Gasteiger partial charge in [0, 0.05) is 23.8 Å². The summed E-state index contributed by atoms with van der Waals surface area (Å²) in [5, 5.41) is 10.1. The van der Waals surface area contributed by atoms with Crippen LogP contribution < -0.4 is 10.6 Å². The zero-order chi connectivity index (χ0) is 13.1. The summed E-state index contributed by atoms with van der Waals surface area (Å²) in [5.74, 6) is 0. The Kier molecular flexibility index (Phi) is 4.65. The van der Waals surface area contributed by atoms with Crippen molar-refractivity contribution in [2.24, 2.45) is 5.73 Å². The molecular weight excluding hydrogens is 292 g/mol. The van der Waals surface area contributed by atoms with Gasteiger partial charge in [-0.3, -0.25) is 0 Å². The number of nitrogens with zero attached hydrogens (tertiary/aromatic N) is 1. The van der Waals surface area contributed by atoms with Crippen molar-refractivity contribution in [2.75, 3.05) is 11.9 Å². The molecule has 1 saturated carbocycles. The highest BCUT2D eigenvalue weighted by molar-refractivity contribution is 9.10. The van der Waals surface area contributed by atoms with Gasteiger partial charge in [0.1, 0.15) is 0 Å². The van der Waals surface area contributed by atoms with Crippen molar-refractivity contribution in [1.29, 1.82) is 0 Å². The van der Waals surface area contributed by atoms with Crippen LogP contribution in [-0.4, -0.2) is 24.3 Å². The molecule has 1 fully saturated rings. The minimum Gasteiger partial charge on any atom is -0.391 e. The summed E-state index contributed by atoms with van der Waals surface area (Å²) < 4.78 is 1.04. The average molecular weight is 313 g/mol. The second kappa shape index (κ2) is 6.04. The topological polar surface area (TPSA) is 49.5 Å². The highest BCUT2D eigenvalue weighted by atomic mass is 79.9. The van der Waals surface area contributed by atoms with Crippen LogP contribution in [0.2, 0.25) is 0 Å². The summed E-state index contributed by atoms with van der Waals surface area (Å²) in [6, 6.07) is 6.44. The maximum atomic E-state index is 10.1. The second-order valence-corrected chi connectivity index (χ2v) is 5.97. The van der Waals surface area contributed by atoms with E-state index in [1.807, 2.05) is 6.07 Å². The quantitative estimate of drug-likeness (QED) is 0.902. The van der Waals surface area contributed by atoms with Gasteiger partial charge in [-0.15, -0.1) is 0 Å². The fourth-order valence-electron chi connectivity index (χ4n) is 2.69. The first kappa shape index (κ1) is 13.8. The number of nitrogens with two attached hydrogens (primary N) is 1. The van der Waals surface area contributed by atoms with Gasteiger partial charge < -0.3 is 15.7 Å². The van der Waals surface area contributed by atoms with Gasteiger partial charge in [0.2, 0.25) is 0 Å². The van der Waals surface area contributed by atoms with E-state index in [1.165, 1.54) is 6.42 Å². The Morgan fingerprint density at radius 2 is 2.06 bits per heavy atom. The summed E-state index contributed by atoms with van der Waals surface area (Å²) in [5.41, 5.74) is 7.93. The van der Waals surface area contributed by atoms with Crippen LogP contribution >= 0.6 is 15.9 Å². The first-order valence-corrected chi connectivity index (χ1v) is 7.31. The Balaban J connectivity index is 2.21. The summed E-state index contributed by atoms with van der Waals surface area (Å²) in [7, 11) is 2.06. The van der Waals surface area contributed by atoms with E-state index < -0.39 is 0 Å². The molecule has 18 heavy (non-hydrogen) atoms. The highest BCUT2D eigenvalue weighted by Crippen LogP contribution is 2.29. The summed E-state index contributed by atoms with van der Waals surface area (Å²) in [6.07, 6.45) is 4.08. The molecule has 1 aromatic rings. The Labute approximate surface area is 117 Å². The van der Waals surface area contributed by atoms with Gasteiger partial charge in [0.25, 0.3) is 0 Å². The molecule has 0 heterocycles. The van der Waals surface area contributed by atoms with Crippen molar-refractivity contribution in [3.63, 3.8) is 0 Å². The lowest BCUT2D eigenvalue weighted by Crippen LogP contribution is -2.43. The molecule has 0 spiro atoms. The lowest BCUT2D eigenvalue weighted by Gasteiger charge is -2.36. The average Bonchev–Trinajstić information content (AvgIpc) is 2.37. The SMILES string of the molecule is CN(c1cc(Br)cc(CN)c1)C1CCCCC1O. The lowest BCUT2D eigenvalue weighted by molar-refractivity contribution is 0.106. The van der Waals surface area contributed by atoms with E-state index in [1.54, 1.807) is 0 Å². The van der Waals surface area contributed by atoms with Crippen molar-refractivity contribution in [2.45, 2.75) is 44.4 Å². The smallest absolute Gasteiger partial charge is 0.0743 e. The van der Waals surface area contributed by atoms with Crippen molar-refractivity contribution in [3.05, 3.63) is 28.2 Å². The fourth-order valence-corrected chi connectivity index (χ4v) is 3.22. The zero-order valence-corrected chi connectivity index (χ0v) is 12.4. The summed E-state index contributed by atoms with van der Waals surface area (Å²) >= 11 is 3.52. The number of rotatable bonds is 3. The zero-order valence-electron chi connectivity index (χ0n) is 10.8. The second-order valence-electron chi connectivity index (χ2n) is 5.05. The molecule has 0 radical (unpaired) electrons. The van der Waals surface area contributed by atoms with Crippen LogP contribution in [0.5, 0.6) is 0 Å². The first-order valence-electron chi connectivity index (χ1n) is 6.52. The van der Waals surface area contributed by atoms with Crippen molar-refractivity contribution < 1.29 is 5.11 Å². The van der Waals surface area contributed by atoms with E-state index in [2.05, 4.69) is 40.0 Å². The molecule has 2 atom stereocenters. The van der Waals surface area contributed by atoms with E-state index >= 15 is 0 Å². The molecule has 1 aliphatic carbocycles. The number of hydrogen-bond donors (Lipinski definition) is 2. The van der Waals surface area contributed by atoms with Crippen LogP contribution in [-0.2, 0) is 6.54 Å². The number of halogens is 1. The van der Waals surface area contributed by atoms with Gasteiger partial charge >= 0.3 is 0 Å². The van der Waals surface area contributed by atoms with Crippen LogP contribution in [0.3, 0.4) is 0 Å². The molecule has 4 heteroatoms. The number of aliphatic hydroxyl groups is 1. The van der Waals surface area contributed by atoms with Gasteiger partial charge in [0.15, 0.2) is 0 Å². The fraction of sp³-hybridized carbons (Fsp3) is 0.571. The molecule has 0 amide bonds. The molecule has 100 valence electrons. The standard InChI is InChI=1S/C14H21BrN2O/c1-17(13-4-2-3-5-14(13)18)12-7-10(9-16)6-11(15)8-12/h6-8,13-14,18H,2-5,9,16H2,1H3. The van der Waals surface area contributed by atoms with Gasteiger partial charge in [0.05, 0.1) is 12.1 Å². The predicted molar refractivity (Wildman–Crippen MR) is 78.7 cm³/mol. The summed E-state index contributed by atoms with van der Waals surface area (Å²) in [6.45, 7) is 0.535. The van der Waals surface area contributed by atoms with E-state index in [0.29, 0.717) is 6.54 Å². The van der Waals surface area contributed by atoms with Crippen LogP contribution in [0.1, 0.15) is 31.2 Å². The number of likely N-dealkylation sites (N-methyl/N-ethyl adjacent to an activating group) is 1. The molecule has 2 rings (SSSR count). The number of hydrogen-bond acceptors (Lipinski definition) is 3. The van der Waals surface area contributed by atoms with Crippen molar-refractivity contribution in [1.82, 2.24) is 0 Å². The third-order valence-electron chi connectivity index (χ3n) is 3.78. The van der Waals surface area contributed by atoms with Crippen LogP contribution in [0.4, 0.5) is 5.69 Å². The number of aliphatic hydroxyl groups excluding tert-OH is 1. The molecule has 0 bridgehead atoms. The molecule has 1 aliphatic rings. The van der Waals surface area contributed by atoms with Gasteiger partial charge in [-0.1, -0.05) is 28.8 Å². The molecule has 3 N–H and O–H groups in total. The molecule has 2 unspecified atom stereocenters. The Hall–Kier alpha value is -0.580. The van der Waals surface area contributed by atoms with E-state index in [9.17, 15) is 5.11 Å². The van der Waals surface area contributed by atoms with E-state index in [4.69, 9.17) is 5.73 Å². The van der Waals surface area contributed by atoms with E-state index in [-0.39, 0.29) is 12.1 Å². The number of anilines is 1. The minimum atomic E-state index is -0.218. The van der Waals surface area contributed by atoms with Crippen molar-refractivity contribution >= 4 is 21.6 Å². The molecule has 3 nitrogen and oxygen atoms in total. The Morgan fingerprint density at radius 3 is 2.72 bits per heavy atom. The Morgan fingerprint density at radius 1 is 1.33 bits per heavy atom. The van der Waals surface area contributed by atoms with Crippen LogP contribution in [0, 0.1) is 0 Å². The molecule has 0 aromatic heterocycles. The normalized spacial score (nSPS) is 24.0. The minimum absolute atomic E-state index is 0.218. The molecule has 1 aromatic carbocycles. The third-order valence-corrected chi connectivity index (χ3v) is 4.23. The predicted octanol–water partition coefficient (Wildman–Crippen LogP) is 2.65. The first-order chi connectivity index (χ1) is 8.61. The Bertz CT molecular complexity index is 411. The maximum absolute atomic E-state index is 10.1. The van der Waals surface area contributed by atoms with Crippen LogP contribution in [0.15, 0.2) is 22.7 Å². The van der Waals surface area contributed by atoms with Gasteiger partial charge in [-0.05, 0) is 36.6 Å². The van der Waals surface area contributed by atoms with Gasteiger partial charge in [-0.25, -0.2) is 0 Å². The van der Waals surface area contributed by atoms with Gasteiger partial charge in [-0.2, -0.15) is 0 Å². The summed E-state index contributed by atoms with van der Waals surface area (Å²) in [4.78, 5) is 2.19. The van der Waals surface area contributed by atoms with E-state index in [0.717, 1.165) is 35.0 Å². The maximum Gasteiger partial charge on any atom is 0.0743 e. The highest BCUT2D eigenvalue weighted by Gasteiger charge is 2.26. The molecule has 0 aliphatic heterocycles. The monoisotopic (exact) mass is 312 g/mol. The number of benzene rings is 1.